The number of piperazine rings is 1. The number of halogens is 2. The number of nitrogens with zero attached hydrogens (tertiary/aromatic N) is 2. The van der Waals surface area contributed by atoms with Crippen molar-refractivity contribution in [2.24, 2.45) is 5.73 Å². The second-order valence-electron chi connectivity index (χ2n) is 5.39. The minimum absolute atomic E-state index is 0.0889. The fourth-order valence-electron chi connectivity index (χ4n) is 2.68. The zero-order chi connectivity index (χ0) is 14.7. The van der Waals surface area contributed by atoms with Crippen LogP contribution in [0.25, 0.3) is 0 Å². The van der Waals surface area contributed by atoms with Crippen LogP contribution in [-0.4, -0.2) is 37.1 Å². The molecule has 0 aromatic heterocycles. The zero-order valence-corrected chi connectivity index (χ0v) is 12.2. The van der Waals surface area contributed by atoms with Crippen LogP contribution in [0.4, 0.5) is 14.5 Å². The van der Waals surface area contributed by atoms with Crippen molar-refractivity contribution < 1.29 is 8.78 Å². The van der Waals surface area contributed by atoms with Crippen LogP contribution in [-0.2, 0) is 6.54 Å². The third-order valence-corrected chi connectivity index (χ3v) is 4.16. The first kappa shape index (κ1) is 15.2. The minimum atomic E-state index is -0.512. The van der Waals surface area contributed by atoms with Crippen molar-refractivity contribution in [2.45, 2.75) is 32.9 Å². The van der Waals surface area contributed by atoms with Crippen LogP contribution in [0.2, 0.25) is 0 Å². The van der Waals surface area contributed by atoms with Crippen LogP contribution in [0.1, 0.15) is 25.8 Å². The number of benzene rings is 1. The van der Waals surface area contributed by atoms with Crippen LogP contribution in [0.3, 0.4) is 0 Å². The second kappa shape index (κ2) is 6.50. The summed E-state index contributed by atoms with van der Waals surface area (Å²) in [6.45, 7) is 7.48. The lowest BCUT2D eigenvalue weighted by Gasteiger charge is -2.39. The smallest absolute Gasteiger partial charge is 0.149 e. The maximum Gasteiger partial charge on any atom is 0.149 e. The fraction of sp³-hybridized carbons (Fsp3) is 0.600. The SMILES string of the molecule is CCC(C)N1CCN(c2c(F)cc(CN)cc2F)CC1. The highest BCUT2D eigenvalue weighted by atomic mass is 19.1. The van der Waals surface area contributed by atoms with E-state index in [1.165, 1.54) is 12.1 Å². The van der Waals surface area contributed by atoms with Crippen LogP contribution < -0.4 is 10.6 Å². The number of nitrogens with two attached hydrogens (primary N) is 1. The van der Waals surface area contributed by atoms with Gasteiger partial charge in [0.25, 0.3) is 0 Å². The molecular formula is C15H23F2N3. The molecular weight excluding hydrogens is 260 g/mol. The Morgan fingerprint density at radius 1 is 1.15 bits per heavy atom. The van der Waals surface area contributed by atoms with Gasteiger partial charge >= 0.3 is 0 Å². The van der Waals surface area contributed by atoms with Gasteiger partial charge in [-0.05, 0) is 31.0 Å². The lowest BCUT2D eigenvalue weighted by Crippen LogP contribution is -2.50. The highest BCUT2D eigenvalue weighted by molar-refractivity contribution is 5.51. The first-order valence-corrected chi connectivity index (χ1v) is 7.23. The summed E-state index contributed by atoms with van der Waals surface area (Å²) in [5.41, 5.74) is 6.01. The van der Waals surface area contributed by atoms with Crippen molar-refractivity contribution >= 4 is 5.69 Å². The average Bonchev–Trinajstić information content (AvgIpc) is 2.46. The Balaban J connectivity index is 2.11. The summed E-state index contributed by atoms with van der Waals surface area (Å²) in [7, 11) is 0. The van der Waals surface area contributed by atoms with Crippen LogP contribution in [0.15, 0.2) is 12.1 Å². The Morgan fingerprint density at radius 2 is 1.70 bits per heavy atom. The summed E-state index contributed by atoms with van der Waals surface area (Å²) in [5, 5.41) is 0. The van der Waals surface area contributed by atoms with E-state index in [-0.39, 0.29) is 12.2 Å². The van der Waals surface area contributed by atoms with Gasteiger partial charge in [-0.15, -0.1) is 0 Å². The molecule has 1 heterocycles. The van der Waals surface area contributed by atoms with Gasteiger partial charge in [0.1, 0.15) is 17.3 Å². The fourth-order valence-corrected chi connectivity index (χ4v) is 2.68. The van der Waals surface area contributed by atoms with Gasteiger partial charge in [-0.25, -0.2) is 8.78 Å². The molecule has 0 amide bonds. The molecule has 20 heavy (non-hydrogen) atoms. The molecule has 2 rings (SSSR count). The first-order chi connectivity index (χ1) is 9.56. The van der Waals surface area contributed by atoms with Gasteiger partial charge in [0.05, 0.1) is 0 Å². The monoisotopic (exact) mass is 283 g/mol. The van der Waals surface area contributed by atoms with Gasteiger partial charge < -0.3 is 10.6 Å². The predicted molar refractivity (Wildman–Crippen MR) is 77.8 cm³/mol. The lowest BCUT2D eigenvalue weighted by molar-refractivity contribution is 0.192. The van der Waals surface area contributed by atoms with E-state index in [1.807, 2.05) is 0 Å². The maximum absolute atomic E-state index is 14.1. The van der Waals surface area contributed by atoms with Crippen LogP contribution in [0.5, 0.6) is 0 Å². The van der Waals surface area contributed by atoms with E-state index in [1.54, 1.807) is 4.90 Å². The molecule has 0 saturated carbocycles. The molecule has 1 aliphatic heterocycles. The van der Waals surface area contributed by atoms with E-state index in [2.05, 4.69) is 18.7 Å². The standard InChI is InChI=1S/C15H23F2N3/c1-3-11(2)19-4-6-20(7-5-19)15-13(16)8-12(10-18)9-14(15)17/h8-9,11H,3-7,10,18H2,1-2H3. The quantitative estimate of drug-likeness (QED) is 0.920. The molecule has 3 nitrogen and oxygen atoms in total. The molecule has 1 saturated heterocycles. The topological polar surface area (TPSA) is 32.5 Å². The van der Waals surface area contributed by atoms with E-state index in [0.717, 1.165) is 19.5 Å². The van der Waals surface area contributed by atoms with Gasteiger partial charge in [-0.2, -0.15) is 0 Å². The Morgan fingerprint density at radius 3 is 2.15 bits per heavy atom. The lowest BCUT2D eigenvalue weighted by atomic mass is 10.1. The average molecular weight is 283 g/mol. The summed E-state index contributed by atoms with van der Waals surface area (Å²) < 4.78 is 28.1. The number of rotatable bonds is 4. The normalized spacial score (nSPS) is 18.4. The van der Waals surface area contributed by atoms with Gasteiger partial charge in [0.2, 0.25) is 0 Å². The number of hydrogen-bond donors (Lipinski definition) is 1. The van der Waals surface area contributed by atoms with Crippen molar-refractivity contribution in [2.75, 3.05) is 31.1 Å². The molecule has 5 heteroatoms. The zero-order valence-electron chi connectivity index (χ0n) is 12.2. The van der Waals surface area contributed by atoms with Crippen LogP contribution in [0, 0.1) is 11.6 Å². The Kier molecular flexibility index (Phi) is 4.94. The molecule has 1 aromatic carbocycles. The Hall–Kier alpha value is -1.20. The van der Waals surface area contributed by atoms with Crippen molar-refractivity contribution in [3.05, 3.63) is 29.3 Å². The highest BCUT2D eigenvalue weighted by Crippen LogP contribution is 2.26. The van der Waals surface area contributed by atoms with Gasteiger partial charge in [-0.1, -0.05) is 6.92 Å². The highest BCUT2D eigenvalue weighted by Gasteiger charge is 2.24. The molecule has 0 spiro atoms. The predicted octanol–water partition coefficient (Wildman–Crippen LogP) is 2.34. The van der Waals surface area contributed by atoms with Crippen molar-refractivity contribution in [3.63, 3.8) is 0 Å². The minimum Gasteiger partial charge on any atom is -0.364 e. The van der Waals surface area contributed by atoms with E-state index in [9.17, 15) is 8.78 Å². The van der Waals surface area contributed by atoms with Crippen LogP contribution >= 0.6 is 0 Å². The molecule has 1 aliphatic rings. The molecule has 1 atom stereocenters. The first-order valence-electron chi connectivity index (χ1n) is 7.23. The van der Waals surface area contributed by atoms with E-state index in [4.69, 9.17) is 5.73 Å². The maximum atomic E-state index is 14.1. The Labute approximate surface area is 119 Å². The number of hydrogen-bond acceptors (Lipinski definition) is 3. The largest absolute Gasteiger partial charge is 0.364 e. The second-order valence-corrected chi connectivity index (χ2v) is 5.39. The molecule has 2 N–H and O–H groups in total. The molecule has 0 bridgehead atoms. The van der Waals surface area contributed by atoms with E-state index >= 15 is 0 Å². The molecule has 1 fully saturated rings. The third kappa shape index (κ3) is 3.10. The van der Waals surface area contributed by atoms with Gasteiger partial charge in [0, 0.05) is 38.8 Å². The molecule has 1 unspecified atom stereocenters. The Bertz CT molecular complexity index is 433. The van der Waals surface area contributed by atoms with Crippen molar-refractivity contribution in [3.8, 4) is 0 Å². The summed E-state index contributed by atoms with van der Waals surface area (Å²) in [6.07, 6.45) is 1.09. The van der Waals surface area contributed by atoms with E-state index in [0.29, 0.717) is 24.7 Å². The molecule has 1 aromatic rings. The summed E-state index contributed by atoms with van der Waals surface area (Å²) in [4.78, 5) is 4.16. The van der Waals surface area contributed by atoms with Crippen molar-refractivity contribution in [1.82, 2.24) is 4.90 Å². The summed E-state index contributed by atoms with van der Waals surface area (Å²) >= 11 is 0. The molecule has 0 radical (unpaired) electrons. The van der Waals surface area contributed by atoms with Crippen molar-refractivity contribution in [1.29, 1.82) is 0 Å². The third-order valence-electron chi connectivity index (χ3n) is 4.16. The van der Waals surface area contributed by atoms with Gasteiger partial charge in [-0.3, -0.25) is 4.90 Å². The van der Waals surface area contributed by atoms with Gasteiger partial charge in [0.15, 0.2) is 0 Å². The molecule has 112 valence electrons. The summed E-state index contributed by atoms with van der Waals surface area (Å²) in [6, 6.07) is 3.19. The molecule has 0 aliphatic carbocycles. The number of anilines is 1. The summed E-state index contributed by atoms with van der Waals surface area (Å²) in [5.74, 6) is -1.02. The van der Waals surface area contributed by atoms with E-state index < -0.39 is 11.6 Å².